The van der Waals surface area contributed by atoms with E-state index in [4.69, 9.17) is 15.2 Å². The molecular formula is C19H19N3O3S. The Morgan fingerprint density at radius 3 is 3.00 bits per heavy atom. The van der Waals surface area contributed by atoms with Gasteiger partial charge in [-0.3, -0.25) is 4.79 Å². The summed E-state index contributed by atoms with van der Waals surface area (Å²) in [6.07, 6.45) is 2.01. The molecule has 0 amide bonds. The van der Waals surface area contributed by atoms with Gasteiger partial charge in [-0.15, -0.1) is 11.3 Å². The van der Waals surface area contributed by atoms with Crippen LogP contribution >= 0.6 is 11.3 Å². The predicted octanol–water partition coefficient (Wildman–Crippen LogP) is 2.62. The van der Waals surface area contributed by atoms with Gasteiger partial charge in [-0.25, -0.2) is 0 Å². The minimum Gasteiger partial charge on any atom is -0.440 e. The standard InChI is InChI=1S/C19H19N3O3S/c1-11-8-14-17(19(23)22(11)10-12-4-2-6-24-12)16(15-5-3-7-26-15)13(9-20)18(21)25-14/h3,5,7-8,12,16H,2,4,6,10,21H2,1H3/t12-,16+/m1/s1. The van der Waals surface area contributed by atoms with Crippen LogP contribution < -0.4 is 16.0 Å². The van der Waals surface area contributed by atoms with Crippen molar-refractivity contribution >= 4 is 11.3 Å². The van der Waals surface area contributed by atoms with Crippen molar-refractivity contribution in [1.82, 2.24) is 4.57 Å². The van der Waals surface area contributed by atoms with Crippen molar-refractivity contribution in [3.8, 4) is 11.8 Å². The number of allylic oxidation sites excluding steroid dienone is 1. The zero-order valence-electron chi connectivity index (χ0n) is 14.4. The molecule has 4 rings (SSSR count). The third-order valence-corrected chi connectivity index (χ3v) is 5.86. The average Bonchev–Trinajstić information content (AvgIpc) is 3.31. The summed E-state index contributed by atoms with van der Waals surface area (Å²) in [5.74, 6) is 0.00710. The Kier molecular flexibility index (Phi) is 4.31. The number of ether oxygens (including phenoxy) is 2. The van der Waals surface area contributed by atoms with Gasteiger partial charge < -0.3 is 19.8 Å². The number of thiophene rings is 1. The molecule has 0 aromatic carbocycles. The molecule has 134 valence electrons. The van der Waals surface area contributed by atoms with E-state index in [2.05, 4.69) is 6.07 Å². The Labute approximate surface area is 155 Å². The van der Waals surface area contributed by atoms with Gasteiger partial charge in [0.15, 0.2) is 0 Å². The van der Waals surface area contributed by atoms with Crippen LogP contribution in [0, 0.1) is 18.3 Å². The summed E-state index contributed by atoms with van der Waals surface area (Å²) in [5.41, 5.74) is 7.39. The second-order valence-electron chi connectivity index (χ2n) is 6.55. The molecule has 0 bridgehead atoms. The molecule has 2 aliphatic heterocycles. The summed E-state index contributed by atoms with van der Waals surface area (Å²) in [5, 5.41) is 11.5. The number of nitriles is 1. The molecule has 6 nitrogen and oxygen atoms in total. The van der Waals surface area contributed by atoms with Crippen molar-refractivity contribution in [2.75, 3.05) is 6.61 Å². The molecule has 4 heterocycles. The van der Waals surface area contributed by atoms with Crippen LogP contribution in [0.25, 0.3) is 0 Å². The maximum Gasteiger partial charge on any atom is 0.258 e. The van der Waals surface area contributed by atoms with E-state index in [1.807, 2.05) is 30.5 Å². The lowest BCUT2D eigenvalue weighted by Gasteiger charge is -2.27. The molecule has 0 saturated carbocycles. The van der Waals surface area contributed by atoms with E-state index in [-0.39, 0.29) is 23.1 Å². The van der Waals surface area contributed by atoms with Crippen LogP contribution in [0.2, 0.25) is 0 Å². The second-order valence-corrected chi connectivity index (χ2v) is 7.53. The Balaban J connectivity index is 1.88. The average molecular weight is 369 g/mol. The first-order chi connectivity index (χ1) is 12.6. The first-order valence-electron chi connectivity index (χ1n) is 8.57. The molecule has 1 fully saturated rings. The molecule has 7 heteroatoms. The van der Waals surface area contributed by atoms with E-state index in [9.17, 15) is 10.1 Å². The molecule has 0 aliphatic carbocycles. The number of rotatable bonds is 3. The number of nitrogens with zero attached hydrogens (tertiary/aromatic N) is 2. The largest absolute Gasteiger partial charge is 0.440 e. The zero-order chi connectivity index (χ0) is 18.3. The Morgan fingerprint density at radius 2 is 2.35 bits per heavy atom. The van der Waals surface area contributed by atoms with Crippen molar-refractivity contribution < 1.29 is 9.47 Å². The summed E-state index contributed by atoms with van der Waals surface area (Å²) < 4.78 is 13.1. The maximum atomic E-state index is 13.4. The van der Waals surface area contributed by atoms with E-state index in [1.165, 1.54) is 11.3 Å². The van der Waals surface area contributed by atoms with E-state index in [0.29, 0.717) is 17.9 Å². The van der Waals surface area contributed by atoms with Gasteiger partial charge in [-0.2, -0.15) is 5.26 Å². The lowest BCUT2D eigenvalue weighted by molar-refractivity contribution is 0.0955. The van der Waals surface area contributed by atoms with Crippen LogP contribution in [0.15, 0.2) is 39.8 Å². The van der Waals surface area contributed by atoms with Crippen molar-refractivity contribution in [2.24, 2.45) is 5.73 Å². The lowest BCUT2D eigenvalue weighted by atomic mass is 9.88. The highest BCUT2D eigenvalue weighted by Crippen LogP contribution is 2.42. The topological polar surface area (TPSA) is 90.3 Å². The van der Waals surface area contributed by atoms with Crippen LogP contribution in [0.4, 0.5) is 0 Å². The number of pyridine rings is 1. The Hall–Kier alpha value is -2.56. The lowest BCUT2D eigenvalue weighted by Crippen LogP contribution is -2.34. The molecular weight excluding hydrogens is 350 g/mol. The first-order valence-corrected chi connectivity index (χ1v) is 9.45. The molecule has 0 radical (unpaired) electrons. The molecule has 2 aromatic heterocycles. The van der Waals surface area contributed by atoms with Gasteiger partial charge in [0, 0.05) is 23.2 Å². The second kappa shape index (κ2) is 6.63. The van der Waals surface area contributed by atoms with Gasteiger partial charge in [0.1, 0.15) is 17.4 Å². The third-order valence-electron chi connectivity index (χ3n) is 4.93. The Morgan fingerprint density at radius 1 is 1.50 bits per heavy atom. The monoisotopic (exact) mass is 369 g/mol. The molecule has 2 aliphatic rings. The molecule has 26 heavy (non-hydrogen) atoms. The maximum absolute atomic E-state index is 13.4. The molecule has 2 aromatic rings. The first kappa shape index (κ1) is 16.9. The zero-order valence-corrected chi connectivity index (χ0v) is 15.2. The summed E-state index contributed by atoms with van der Waals surface area (Å²) in [4.78, 5) is 14.3. The number of aryl methyl sites for hydroxylation is 1. The number of hydrogen-bond donors (Lipinski definition) is 1. The minimum absolute atomic E-state index is 0.0465. The normalized spacial score (nSPS) is 22.0. The van der Waals surface area contributed by atoms with Gasteiger partial charge in [-0.1, -0.05) is 6.07 Å². The quantitative estimate of drug-likeness (QED) is 0.898. The number of hydrogen-bond acceptors (Lipinski definition) is 6. The number of aromatic nitrogens is 1. The van der Waals surface area contributed by atoms with E-state index in [0.717, 1.165) is 30.0 Å². The highest BCUT2D eigenvalue weighted by atomic mass is 32.1. The van der Waals surface area contributed by atoms with Crippen molar-refractivity contribution in [1.29, 1.82) is 5.26 Å². The highest BCUT2D eigenvalue weighted by Gasteiger charge is 2.35. The fraction of sp³-hybridized carbons (Fsp3) is 0.368. The van der Waals surface area contributed by atoms with Gasteiger partial charge in [-0.05, 0) is 31.2 Å². The van der Waals surface area contributed by atoms with Crippen LogP contribution in [0.1, 0.15) is 34.9 Å². The SMILES string of the molecule is Cc1cc2c(c(=O)n1C[C@H]1CCCO1)[C@H](c1cccs1)C(C#N)=C(N)O2. The summed E-state index contributed by atoms with van der Waals surface area (Å²) in [6.45, 7) is 3.12. The minimum atomic E-state index is -0.493. The molecule has 1 saturated heterocycles. The predicted molar refractivity (Wildman–Crippen MR) is 98.0 cm³/mol. The van der Waals surface area contributed by atoms with E-state index >= 15 is 0 Å². The fourth-order valence-corrected chi connectivity index (χ4v) is 4.49. The van der Waals surface area contributed by atoms with Crippen molar-refractivity contribution in [2.45, 2.75) is 38.3 Å². The van der Waals surface area contributed by atoms with Gasteiger partial charge >= 0.3 is 0 Å². The number of fused-ring (bicyclic) bond motifs is 1. The van der Waals surface area contributed by atoms with Crippen LogP contribution in [-0.4, -0.2) is 17.3 Å². The van der Waals surface area contributed by atoms with Crippen LogP contribution in [-0.2, 0) is 11.3 Å². The molecule has 2 atom stereocenters. The van der Waals surface area contributed by atoms with Gasteiger partial charge in [0.25, 0.3) is 5.56 Å². The summed E-state index contributed by atoms with van der Waals surface area (Å²) >= 11 is 1.50. The van der Waals surface area contributed by atoms with Gasteiger partial charge in [0.2, 0.25) is 5.88 Å². The number of nitrogens with two attached hydrogens (primary N) is 1. The van der Waals surface area contributed by atoms with Crippen molar-refractivity contribution in [3.05, 3.63) is 61.5 Å². The molecule has 0 spiro atoms. The fourth-order valence-electron chi connectivity index (χ4n) is 3.65. The third kappa shape index (κ3) is 2.71. The van der Waals surface area contributed by atoms with E-state index < -0.39 is 5.92 Å². The van der Waals surface area contributed by atoms with Crippen LogP contribution in [0.3, 0.4) is 0 Å². The van der Waals surface area contributed by atoms with Gasteiger partial charge in [0.05, 0.1) is 24.1 Å². The Bertz CT molecular complexity index is 963. The molecule has 0 unspecified atom stereocenters. The molecule has 2 N–H and O–H groups in total. The highest BCUT2D eigenvalue weighted by molar-refractivity contribution is 7.10. The summed E-state index contributed by atoms with van der Waals surface area (Å²) in [7, 11) is 0. The van der Waals surface area contributed by atoms with Crippen LogP contribution in [0.5, 0.6) is 5.75 Å². The van der Waals surface area contributed by atoms with Crippen molar-refractivity contribution in [3.63, 3.8) is 0 Å². The summed E-state index contributed by atoms with van der Waals surface area (Å²) in [6, 6.07) is 7.78. The smallest absolute Gasteiger partial charge is 0.258 e. The van der Waals surface area contributed by atoms with E-state index in [1.54, 1.807) is 4.57 Å².